The number of hydrogen-bond donors (Lipinski definition) is 1. The third-order valence-corrected chi connectivity index (χ3v) is 8.14. The number of hydrogen-bond acceptors (Lipinski definition) is 4. The van der Waals surface area contributed by atoms with Gasteiger partial charge in [-0.2, -0.15) is 5.26 Å². The number of nitriles is 1. The molecule has 1 aliphatic heterocycles. The number of nitrogens with zero attached hydrogens (tertiary/aromatic N) is 3. The highest BCUT2D eigenvalue weighted by molar-refractivity contribution is 6.31. The molecule has 1 saturated heterocycles. The molecule has 1 aromatic carbocycles. The van der Waals surface area contributed by atoms with Crippen LogP contribution in [0.3, 0.4) is 0 Å². The summed E-state index contributed by atoms with van der Waals surface area (Å²) >= 11 is 6.17. The summed E-state index contributed by atoms with van der Waals surface area (Å²) in [6, 6.07) is 7.71. The van der Waals surface area contributed by atoms with E-state index in [1.807, 2.05) is 36.2 Å². The molecular weight excluding hydrogens is 448 g/mol. The maximum atomic E-state index is 13.9. The van der Waals surface area contributed by atoms with E-state index in [-0.39, 0.29) is 35.6 Å². The Morgan fingerprint density at radius 3 is 2.68 bits per heavy atom. The molecule has 3 atom stereocenters. The molecule has 1 aromatic heterocycles. The molecule has 1 aliphatic carbocycles. The molecule has 4 rings (SSSR count). The van der Waals surface area contributed by atoms with Gasteiger partial charge < -0.3 is 14.8 Å². The van der Waals surface area contributed by atoms with Gasteiger partial charge in [-0.25, -0.2) is 0 Å². The highest BCUT2D eigenvalue weighted by atomic mass is 35.5. The number of rotatable bonds is 8. The number of nitrogens with one attached hydrogen (secondary N) is 1. The third-order valence-electron chi connectivity index (χ3n) is 7.90. The van der Waals surface area contributed by atoms with Crippen molar-refractivity contribution in [3.63, 3.8) is 0 Å². The second-order valence-electron chi connectivity index (χ2n) is 9.98. The number of likely N-dealkylation sites (N-methyl/N-ethyl adjacent to an activating group) is 1. The first kappa shape index (κ1) is 24.8. The van der Waals surface area contributed by atoms with E-state index in [0.717, 1.165) is 56.0 Å². The van der Waals surface area contributed by atoms with Crippen LogP contribution in [0.5, 0.6) is 0 Å². The average Bonchev–Trinajstić information content (AvgIpc) is 3.46. The number of likely N-dealkylation sites (tertiary alicyclic amines) is 1. The van der Waals surface area contributed by atoms with Gasteiger partial charge >= 0.3 is 0 Å². The summed E-state index contributed by atoms with van der Waals surface area (Å²) in [5, 5.41) is 14.1. The zero-order chi connectivity index (χ0) is 24.2. The summed E-state index contributed by atoms with van der Waals surface area (Å²) in [6.07, 6.45) is 9.65. The van der Waals surface area contributed by atoms with Crippen molar-refractivity contribution in [1.82, 2.24) is 14.8 Å². The zero-order valence-corrected chi connectivity index (χ0v) is 21.0. The Bertz CT molecular complexity index is 1080. The van der Waals surface area contributed by atoms with Crippen LogP contribution < -0.4 is 5.32 Å². The van der Waals surface area contributed by atoms with E-state index in [1.54, 1.807) is 7.05 Å². The lowest BCUT2D eigenvalue weighted by molar-refractivity contribution is -0.141. The minimum atomic E-state index is -0.240. The van der Waals surface area contributed by atoms with Gasteiger partial charge in [0.1, 0.15) is 11.9 Å². The van der Waals surface area contributed by atoms with Crippen molar-refractivity contribution in [2.45, 2.75) is 76.9 Å². The molecule has 2 fully saturated rings. The van der Waals surface area contributed by atoms with E-state index in [0.29, 0.717) is 23.6 Å². The highest BCUT2D eigenvalue weighted by Gasteiger charge is 2.39. The van der Waals surface area contributed by atoms with Crippen molar-refractivity contribution in [2.24, 2.45) is 11.8 Å². The van der Waals surface area contributed by atoms with Crippen molar-refractivity contribution in [3.8, 4) is 6.07 Å². The molecule has 1 N–H and O–H groups in total. The minimum Gasteiger partial charge on any atom is -0.344 e. The molecular formula is C27H35ClN4O2. The number of fused-ring (bicyclic) bond motifs is 1. The lowest BCUT2D eigenvalue weighted by Crippen LogP contribution is -2.45. The summed E-state index contributed by atoms with van der Waals surface area (Å²) < 4.78 is 2.09. The predicted octanol–water partition coefficient (Wildman–Crippen LogP) is 4.92. The molecule has 2 heterocycles. The van der Waals surface area contributed by atoms with Gasteiger partial charge in [-0.3, -0.25) is 9.59 Å². The molecule has 2 aliphatic rings. The first-order valence-corrected chi connectivity index (χ1v) is 13.0. The predicted molar refractivity (Wildman–Crippen MR) is 135 cm³/mol. The van der Waals surface area contributed by atoms with E-state index >= 15 is 0 Å². The van der Waals surface area contributed by atoms with Gasteiger partial charge in [0, 0.05) is 53.6 Å². The van der Waals surface area contributed by atoms with Crippen LogP contribution >= 0.6 is 11.6 Å². The molecule has 2 aromatic rings. The Kier molecular flexibility index (Phi) is 7.95. The second kappa shape index (κ2) is 10.9. The molecule has 0 bridgehead atoms. The fraction of sp³-hybridized carbons (Fsp3) is 0.593. The van der Waals surface area contributed by atoms with E-state index in [9.17, 15) is 14.9 Å². The summed E-state index contributed by atoms with van der Waals surface area (Å²) in [4.78, 5) is 28.8. The number of benzene rings is 1. The summed E-state index contributed by atoms with van der Waals surface area (Å²) in [5.74, 6) is 0.314. The molecule has 1 amide bonds. The van der Waals surface area contributed by atoms with E-state index < -0.39 is 0 Å². The van der Waals surface area contributed by atoms with Crippen LogP contribution in [0.1, 0.15) is 63.9 Å². The average molecular weight is 483 g/mol. The van der Waals surface area contributed by atoms with Crippen LogP contribution in [0.25, 0.3) is 10.9 Å². The fourth-order valence-electron chi connectivity index (χ4n) is 5.81. The van der Waals surface area contributed by atoms with Gasteiger partial charge in [-0.1, -0.05) is 30.9 Å². The maximum absolute atomic E-state index is 13.9. The maximum Gasteiger partial charge on any atom is 0.226 e. The van der Waals surface area contributed by atoms with Crippen molar-refractivity contribution in [2.75, 3.05) is 13.6 Å². The number of ketones is 1. The molecule has 182 valence electrons. The van der Waals surface area contributed by atoms with E-state index in [4.69, 9.17) is 11.6 Å². The van der Waals surface area contributed by atoms with E-state index in [2.05, 4.69) is 16.0 Å². The number of halogens is 1. The quantitative estimate of drug-likeness (QED) is 0.579. The molecule has 34 heavy (non-hydrogen) atoms. The number of carbonyl (C=O) groups excluding carboxylic acids is 2. The molecule has 0 radical (unpaired) electrons. The Hall–Kier alpha value is -2.36. The highest BCUT2D eigenvalue weighted by Crippen LogP contribution is 2.35. The number of amides is 1. The first-order valence-electron chi connectivity index (χ1n) is 12.6. The van der Waals surface area contributed by atoms with Crippen LogP contribution in [0.2, 0.25) is 5.02 Å². The van der Waals surface area contributed by atoms with Crippen LogP contribution in [0, 0.1) is 23.2 Å². The first-order chi connectivity index (χ1) is 16.4. The molecule has 1 saturated carbocycles. The molecule has 0 spiro atoms. The topological polar surface area (TPSA) is 78.1 Å². The third kappa shape index (κ3) is 5.16. The summed E-state index contributed by atoms with van der Waals surface area (Å²) in [6.45, 7) is 3.25. The van der Waals surface area contributed by atoms with Crippen molar-refractivity contribution in [1.29, 1.82) is 5.26 Å². The largest absolute Gasteiger partial charge is 0.344 e. The van der Waals surface area contributed by atoms with Crippen LogP contribution in [-0.4, -0.2) is 46.8 Å². The molecule has 3 unspecified atom stereocenters. The zero-order valence-electron chi connectivity index (χ0n) is 20.2. The lowest BCUT2D eigenvalue weighted by atomic mass is 9.76. The number of aromatic nitrogens is 1. The van der Waals surface area contributed by atoms with Gasteiger partial charge in [0.25, 0.3) is 0 Å². The summed E-state index contributed by atoms with van der Waals surface area (Å²) in [7, 11) is 1.79. The van der Waals surface area contributed by atoms with Crippen molar-refractivity contribution >= 4 is 34.2 Å². The molecule has 6 nitrogen and oxygen atoms in total. The Morgan fingerprint density at radius 2 is 1.97 bits per heavy atom. The van der Waals surface area contributed by atoms with Gasteiger partial charge in [0.2, 0.25) is 5.91 Å². The van der Waals surface area contributed by atoms with Gasteiger partial charge in [0.05, 0.1) is 11.6 Å². The number of Topliss-reactive ketones (excluding diaryl/α,β-unsaturated/α-hetero) is 1. The lowest BCUT2D eigenvalue weighted by Gasteiger charge is -2.35. The smallest absolute Gasteiger partial charge is 0.226 e. The van der Waals surface area contributed by atoms with Crippen LogP contribution in [0.4, 0.5) is 0 Å². The van der Waals surface area contributed by atoms with E-state index in [1.165, 1.54) is 6.42 Å². The van der Waals surface area contributed by atoms with Crippen LogP contribution in [0.15, 0.2) is 24.4 Å². The van der Waals surface area contributed by atoms with Gasteiger partial charge in [-0.05, 0) is 63.8 Å². The SMILES string of the molecule is CNC(C)C(=O)CC(C(=O)N1CCCC1Cn1cc(C#N)c2cc(Cl)ccc21)C1CCCCC1. The fourth-order valence-corrected chi connectivity index (χ4v) is 5.98. The van der Waals surface area contributed by atoms with Gasteiger partial charge in [-0.15, -0.1) is 0 Å². The second-order valence-corrected chi connectivity index (χ2v) is 10.4. The minimum absolute atomic E-state index is 0.0632. The Morgan fingerprint density at radius 1 is 1.21 bits per heavy atom. The monoisotopic (exact) mass is 482 g/mol. The summed E-state index contributed by atoms with van der Waals surface area (Å²) in [5.41, 5.74) is 1.56. The Balaban J connectivity index is 1.57. The van der Waals surface area contributed by atoms with Crippen LogP contribution in [-0.2, 0) is 16.1 Å². The van der Waals surface area contributed by atoms with Crippen molar-refractivity contribution < 1.29 is 9.59 Å². The molecule has 7 heteroatoms. The Labute approximate surface area is 207 Å². The standard InChI is InChI=1S/C27H35ClN4O2/c1-18(30-2)26(33)14-24(19-7-4-3-5-8-19)27(34)32-12-6-9-22(32)17-31-16-20(15-29)23-13-21(28)10-11-25(23)31/h10-11,13,16,18-19,22,24,30H,3-9,12,14,17H2,1-2H3. The number of carbonyl (C=O) groups is 2. The normalized spacial score (nSPS) is 20.9. The van der Waals surface area contributed by atoms with Crippen molar-refractivity contribution in [3.05, 3.63) is 35.0 Å². The van der Waals surface area contributed by atoms with Gasteiger partial charge in [0.15, 0.2) is 0 Å².